The number of hydrogen-bond acceptors (Lipinski definition) is 0. The molecule has 0 bridgehead atoms. The van der Waals surface area contributed by atoms with E-state index >= 15 is 0 Å². The van der Waals surface area contributed by atoms with Crippen molar-refractivity contribution in [2.24, 2.45) is 0 Å². The normalized spacial score (nSPS) is 27.8. The summed E-state index contributed by atoms with van der Waals surface area (Å²) in [5.41, 5.74) is 0. The van der Waals surface area contributed by atoms with Crippen LogP contribution in [-0.2, 0) is 0 Å². The molecular formula is C5HClF10. The van der Waals surface area contributed by atoms with Gasteiger partial charge in [-0.05, 0) is 0 Å². The van der Waals surface area contributed by atoms with Crippen molar-refractivity contribution in [2.45, 2.75) is 29.6 Å². The van der Waals surface area contributed by atoms with E-state index in [1.165, 1.54) is 0 Å². The second-order valence-corrected chi connectivity index (χ2v) is 2.87. The maximum absolute atomic E-state index is 11.6. The number of rotatable bonds is 0. The summed E-state index contributed by atoms with van der Waals surface area (Å²) < 4.78 is 113. The molecule has 0 saturated heterocycles. The smallest absolute Gasteiger partial charge is 0.192 e. The Balaban J connectivity index is 0.000000487. The first-order valence-corrected chi connectivity index (χ1v) is 3.60. The van der Waals surface area contributed by atoms with E-state index in [0.29, 0.717) is 0 Å². The van der Waals surface area contributed by atoms with Crippen molar-refractivity contribution < 1.29 is 43.9 Å². The second-order valence-electron chi connectivity index (χ2n) is 2.55. The Morgan fingerprint density at radius 3 is 0.688 bits per heavy atom. The highest BCUT2D eigenvalue weighted by atomic mass is 35.5. The maximum atomic E-state index is 11.6. The van der Waals surface area contributed by atoms with Crippen molar-refractivity contribution in [2.75, 3.05) is 0 Å². The van der Waals surface area contributed by atoms with Crippen LogP contribution in [-0.4, -0.2) is 29.6 Å². The highest BCUT2D eigenvalue weighted by Gasteiger charge is 3.01. The Kier molecular flexibility index (Phi) is 3.71. The lowest BCUT2D eigenvalue weighted by atomic mass is 9.80. The van der Waals surface area contributed by atoms with Crippen LogP contribution in [0.4, 0.5) is 43.9 Å². The zero-order valence-electron chi connectivity index (χ0n) is 6.73. The van der Waals surface area contributed by atoms with E-state index in [-0.39, 0.29) is 0 Å². The molecule has 98 valence electrons. The third kappa shape index (κ3) is 1.70. The van der Waals surface area contributed by atoms with Gasteiger partial charge in [0.25, 0.3) is 0 Å². The van der Waals surface area contributed by atoms with Gasteiger partial charge in [0.2, 0.25) is 0 Å². The predicted octanol–water partition coefficient (Wildman–Crippen LogP) is 3.99. The van der Waals surface area contributed by atoms with Crippen molar-refractivity contribution in [3.8, 4) is 0 Å². The van der Waals surface area contributed by atoms with Crippen molar-refractivity contribution in [3.05, 3.63) is 0 Å². The lowest BCUT2D eigenvalue weighted by Gasteiger charge is -2.49. The first-order chi connectivity index (χ1) is 6.73. The minimum Gasteiger partial charge on any atom is -0.192 e. The van der Waals surface area contributed by atoms with Crippen LogP contribution >= 0.6 is 11.6 Å². The minimum atomic E-state index is -5.97. The Morgan fingerprint density at radius 1 is 0.562 bits per heavy atom. The molecule has 0 atom stereocenters. The average Bonchev–Trinajstić information content (AvgIpc) is 2.00. The number of hydrogen-bond donors (Lipinski definition) is 0. The molecule has 0 aliphatic heterocycles. The van der Waals surface area contributed by atoms with Gasteiger partial charge in [0.15, 0.2) is 0 Å². The standard InChI is InChI=1S/C4F8.CHClF2/c5-1(6)2(7,8)4(11,12)3(1,9)10;2-1(3)4/h;1H. The highest BCUT2D eigenvalue weighted by molar-refractivity contribution is 6.18. The van der Waals surface area contributed by atoms with Crippen LogP contribution in [0.3, 0.4) is 0 Å². The molecule has 1 fully saturated rings. The van der Waals surface area contributed by atoms with Gasteiger partial charge in [0.05, 0.1) is 0 Å². The third-order valence-electron chi connectivity index (χ3n) is 1.58. The number of alkyl halides is 11. The van der Waals surface area contributed by atoms with E-state index in [1.807, 2.05) is 0 Å². The van der Waals surface area contributed by atoms with E-state index in [1.54, 1.807) is 0 Å². The Morgan fingerprint density at radius 2 is 0.625 bits per heavy atom. The van der Waals surface area contributed by atoms with E-state index in [0.717, 1.165) is 0 Å². The second kappa shape index (κ2) is 3.81. The quantitative estimate of drug-likeness (QED) is 0.466. The predicted molar refractivity (Wildman–Crippen MR) is 31.6 cm³/mol. The molecule has 16 heavy (non-hydrogen) atoms. The summed E-state index contributed by atoms with van der Waals surface area (Å²) in [6.45, 7) is 0. The van der Waals surface area contributed by atoms with Crippen LogP contribution in [0.15, 0.2) is 0 Å². The van der Waals surface area contributed by atoms with Gasteiger partial charge in [-0.3, -0.25) is 0 Å². The molecule has 1 aliphatic rings. The molecule has 0 amide bonds. The fourth-order valence-corrected chi connectivity index (χ4v) is 0.726. The maximum Gasteiger partial charge on any atom is 0.385 e. The molecule has 1 rings (SSSR count). The number of halogens is 11. The summed E-state index contributed by atoms with van der Waals surface area (Å²) in [7, 11) is 0. The Bertz CT molecular complexity index is 191. The van der Waals surface area contributed by atoms with Crippen molar-refractivity contribution in [1.82, 2.24) is 0 Å². The summed E-state index contributed by atoms with van der Waals surface area (Å²) in [5.74, 6) is -26.6. The van der Waals surface area contributed by atoms with Gasteiger partial charge in [0.1, 0.15) is 0 Å². The molecule has 0 radical (unpaired) electrons. The zero-order chi connectivity index (χ0) is 13.6. The van der Waals surface area contributed by atoms with Crippen LogP contribution in [0.2, 0.25) is 0 Å². The molecular weight excluding hydrogens is 285 g/mol. The first-order valence-electron chi connectivity index (χ1n) is 3.17. The average molecular weight is 286 g/mol. The van der Waals surface area contributed by atoms with Gasteiger partial charge in [-0.25, -0.2) is 0 Å². The van der Waals surface area contributed by atoms with Crippen molar-refractivity contribution in [3.63, 3.8) is 0 Å². The largest absolute Gasteiger partial charge is 0.385 e. The fourth-order valence-electron chi connectivity index (χ4n) is 0.726. The van der Waals surface area contributed by atoms with Gasteiger partial charge >= 0.3 is 29.6 Å². The molecule has 0 unspecified atom stereocenters. The molecule has 0 nitrogen and oxygen atoms in total. The van der Waals surface area contributed by atoms with Crippen molar-refractivity contribution >= 4 is 11.6 Å². The van der Waals surface area contributed by atoms with E-state index in [2.05, 4.69) is 11.6 Å². The zero-order valence-corrected chi connectivity index (χ0v) is 7.49. The van der Waals surface area contributed by atoms with Gasteiger partial charge in [-0.2, -0.15) is 43.9 Å². The van der Waals surface area contributed by atoms with Crippen LogP contribution in [0.1, 0.15) is 0 Å². The molecule has 1 aliphatic carbocycles. The van der Waals surface area contributed by atoms with Gasteiger partial charge in [-0.15, -0.1) is 0 Å². The van der Waals surface area contributed by atoms with Gasteiger partial charge in [-0.1, -0.05) is 11.6 Å². The molecule has 0 heterocycles. The molecule has 0 aromatic heterocycles. The van der Waals surface area contributed by atoms with Crippen molar-refractivity contribution in [1.29, 1.82) is 0 Å². The van der Waals surface area contributed by atoms with Gasteiger partial charge < -0.3 is 0 Å². The van der Waals surface area contributed by atoms with Crippen LogP contribution in [0, 0.1) is 0 Å². The molecule has 0 spiro atoms. The highest BCUT2D eigenvalue weighted by Crippen LogP contribution is 2.69. The topological polar surface area (TPSA) is 0 Å². The molecule has 1 saturated carbocycles. The monoisotopic (exact) mass is 286 g/mol. The van der Waals surface area contributed by atoms with Crippen LogP contribution in [0.25, 0.3) is 0 Å². The lowest BCUT2D eigenvalue weighted by molar-refractivity contribution is -0.506. The summed E-state index contributed by atoms with van der Waals surface area (Å²) in [4.78, 5) is 0. The fraction of sp³-hybridized carbons (Fsp3) is 1.00. The first kappa shape index (κ1) is 15.6. The summed E-state index contributed by atoms with van der Waals surface area (Å²) in [6, 6.07) is 0. The lowest BCUT2D eigenvalue weighted by Crippen LogP contribution is -2.82. The Labute approximate surface area is 86.2 Å². The van der Waals surface area contributed by atoms with E-state index < -0.39 is 29.6 Å². The summed E-state index contributed by atoms with van der Waals surface area (Å²) >= 11 is 3.94. The molecule has 0 aromatic carbocycles. The van der Waals surface area contributed by atoms with Gasteiger partial charge in [0, 0.05) is 0 Å². The molecule has 0 N–H and O–H groups in total. The summed E-state index contributed by atoms with van der Waals surface area (Å²) in [5, 5.41) is 0. The van der Waals surface area contributed by atoms with Crippen LogP contribution in [0.5, 0.6) is 0 Å². The minimum absolute atomic E-state index is 2.69. The summed E-state index contributed by atoms with van der Waals surface area (Å²) in [6.07, 6.45) is 0. The van der Waals surface area contributed by atoms with E-state index in [9.17, 15) is 43.9 Å². The molecule has 11 heteroatoms. The molecule has 0 aromatic rings. The SMILES string of the molecule is FC(F)Cl.FC1(F)C(F)(F)C(F)(F)C1(F)F. The Hall–Kier alpha value is -0.410. The van der Waals surface area contributed by atoms with E-state index in [4.69, 9.17) is 0 Å². The van der Waals surface area contributed by atoms with Crippen LogP contribution < -0.4 is 0 Å². The third-order valence-corrected chi connectivity index (χ3v) is 1.58.